The third-order valence-corrected chi connectivity index (χ3v) is 4.64. The van der Waals surface area contributed by atoms with Crippen LogP contribution in [0.4, 0.5) is 0 Å². The van der Waals surface area contributed by atoms with Crippen LogP contribution in [0.3, 0.4) is 0 Å². The number of carboxylic acid groups (broad SMARTS) is 1. The van der Waals surface area contributed by atoms with Gasteiger partial charge in [0.05, 0.1) is 16.8 Å². The van der Waals surface area contributed by atoms with Crippen LogP contribution in [0.15, 0.2) is 71.7 Å². The lowest BCUT2D eigenvalue weighted by atomic mass is 10.0. The maximum Gasteiger partial charge on any atom is 0.328 e. The van der Waals surface area contributed by atoms with E-state index in [1.54, 1.807) is 17.5 Å². The van der Waals surface area contributed by atoms with E-state index in [1.165, 1.54) is 6.07 Å². The second-order valence-corrected chi connectivity index (χ2v) is 6.38. The maximum atomic E-state index is 12.3. The summed E-state index contributed by atoms with van der Waals surface area (Å²) in [5.41, 5.74) is 3.25. The SMILES string of the molecule is CCC(C(=O)O)n1nc(-c2c(-c3ccccc3)nn3ccccc23)ccc1=O. The van der Waals surface area contributed by atoms with E-state index < -0.39 is 17.6 Å². The normalized spacial score (nSPS) is 12.2. The molecule has 3 heterocycles. The third-order valence-electron chi connectivity index (χ3n) is 4.64. The molecule has 28 heavy (non-hydrogen) atoms. The van der Waals surface area contributed by atoms with Crippen LogP contribution in [-0.2, 0) is 4.79 Å². The molecule has 0 radical (unpaired) electrons. The molecule has 4 rings (SSSR count). The van der Waals surface area contributed by atoms with Gasteiger partial charge in [0.15, 0.2) is 6.04 Å². The molecule has 7 nitrogen and oxygen atoms in total. The number of carboxylic acids is 1. The van der Waals surface area contributed by atoms with Crippen LogP contribution < -0.4 is 5.56 Å². The molecule has 0 saturated heterocycles. The summed E-state index contributed by atoms with van der Waals surface area (Å²) >= 11 is 0. The summed E-state index contributed by atoms with van der Waals surface area (Å²) in [6.07, 6.45) is 2.10. The van der Waals surface area contributed by atoms with E-state index in [4.69, 9.17) is 0 Å². The number of fused-ring (bicyclic) bond motifs is 1. The highest BCUT2D eigenvalue weighted by molar-refractivity contribution is 5.90. The van der Waals surface area contributed by atoms with Crippen molar-refractivity contribution in [1.82, 2.24) is 19.4 Å². The summed E-state index contributed by atoms with van der Waals surface area (Å²) in [5, 5.41) is 18.6. The van der Waals surface area contributed by atoms with Crippen molar-refractivity contribution in [3.05, 3.63) is 77.2 Å². The number of hydrogen-bond donors (Lipinski definition) is 1. The van der Waals surface area contributed by atoms with Crippen molar-refractivity contribution < 1.29 is 9.90 Å². The van der Waals surface area contributed by atoms with E-state index in [-0.39, 0.29) is 6.42 Å². The van der Waals surface area contributed by atoms with Crippen molar-refractivity contribution >= 4 is 11.5 Å². The van der Waals surface area contributed by atoms with Crippen molar-refractivity contribution in [2.75, 3.05) is 0 Å². The van der Waals surface area contributed by atoms with Gasteiger partial charge in [-0.2, -0.15) is 10.2 Å². The number of carbonyl (C=O) groups is 1. The first kappa shape index (κ1) is 17.7. The molecule has 1 aromatic carbocycles. The molecule has 3 aromatic heterocycles. The average Bonchev–Trinajstić information content (AvgIpc) is 3.10. The molecular weight excluding hydrogens is 356 g/mol. The van der Waals surface area contributed by atoms with Gasteiger partial charge in [-0.15, -0.1) is 0 Å². The highest BCUT2D eigenvalue weighted by Gasteiger charge is 2.23. The van der Waals surface area contributed by atoms with Gasteiger partial charge in [0.2, 0.25) is 0 Å². The van der Waals surface area contributed by atoms with Crippen molar-refractivity contribution in [1.29, 1.82) is 0 Å². The fourth-order valence-corrected chi connectivity index (χ4v) is 3.28. The topological polar surface area (TPSA) is 89.5 Å². The summed E-state index contributed by atoms with van der Waals surface area (Å²) < 4.78 is 2.79. The monoisotopic (exact) mass is 374 g/mol. The molecule has 0 amide bonds. The van der Waals surface area contributed by atoms with Crippen LogP contribution in [0.5, 0.6) is 0 Å². The smallest absolute Gasteiger partial charge is 0.328 e. The van der Waals surface area contributed by atoms with E-state index in [2.05, 4.69) is 10.2 Å². The Bertz CT molecular complexity index is 1210. The summed E-state index contributed by atoms with van der Waals surface area (Å²) in [4.78, 5) is 23.8. The zero-order valence-corrected chi connectivity index (χ0v) is 15.2. The molecule has 0 aliphatic carbocycles. The minimum absolute atomic E-state index is 0.256. The molecular formula is C21H18N4O3. The average molecular weight is 374 g/mol. The van der Waals surface area contributed by atoms with Crippen molar-refractivity contribution in [2.45, 2.75) is 19.4 Å². The quantitative estimate of drug-likeness (QED) is 0.579. The largest absolute Gasteiger partial charge is 0.480 e. The number of nitrogens with zero attached hydrogens (tertiary/aromatic N) is 4. The fraction of sp³-hybridized carbons (Fsp3) is 0.143. The molecule has 0 aliphatic heterocycles. The standard InChI is InChI=1S/C21H18N4O3/c1-2-16(21(27)28)25-18(26)12-11-15(22-25)19-17-10-6-7-13-24(17)23-20(19)14-8-4-3-5-9-14/h3-13,16H,2H2,1H3,(H,27,28). The Morgan fingerprint density at radius 1 is 1.04 bits per heavy atom. The first-order chi connectivity index (χ1) is 13.6. The first-order valence-electron chi connectivity index (χ1n) is 8.96. The van der Waals surface area contributed by atoms with E-state index in [9.17, 15) is 14.7 Å². The molecule has 0 fully saturated rings. The van der Waals surface area contributed by atoms with Crippen LogP contribution in [-0.4, -0.2) is 30.5 Å². The minimum Gasteiger partial charge on any atom is -0.480 e. The first-order valence-corrected chi connectivity index (χ1v) is 8.96. The highest BCUT2D eigenvalue weighted by atomic mass is 16.4. The Hall–Kier alpha value is -3.74. The van der Waals surface area contributed by atoms with Crippen LogP contribution in [0, 0.1) is 0 Å². The fourth-order valence-electron chi connectivity index (χ4n) is 3.28. The van der Waals surface area contributed by atoms with E-state index in [0.717, 1.165) is 21.3 Å². The second kappa shape index (κ2) is 7.11. The summed E-state index contributed by atoms with van der Waals surface area (Å²) in [5.74, 6) is -1.09. The van der Waals surface area contributed by atoms with Crippen molar-refractivity contribution in [3.63, 3.8) is 0 Å². The maximum absolute atomic E-state index is 12.3. The van der Waals surface area contributed by atoms with Gasteiger partial charge in [0, 0.05) is 17.8 Å². The molecule has 1 unspecified atom stereocenters. The van der Waals surface area contributed by atoms with E-state index >= 15 is 0 Å². The van der Waals surface area contributed by atoms with E-state index in [1.807, 2.05) is 54.7 Å². The number of aromatic nitrogens is 4. The lowest BCUT2D eigenvalue weighted by Crippen LogP contribution is -2.31. The summed E-state index contributed by atoms with van der Waals surface area (Å²) in [6.45, 7) is 1.71. The number of aliphatic carboxylic acids is 1. The molecule has 7 heteroatoms. The number of rotatable bonds is 5. The number of benzene rings is 1. The summed E-state index contributed by atoms with van der Waals surface area (Å²) in [7, 11) is 0. The van der Waals surface area contributed by atoms with Crippen LogP contribution in [0.2, 0.25) is 0 Å². The molecule has 140 valence electrons. The molecule has 0 saturated carbocycles. The molecule has 1 atom stereocenters. The second-order valence-electron chi connectivity index (χ2n) is 6.38. The Morgan fingerprint density at radius 2 is 1.79 bits per heavy atom. The third kappa shape index (κ3) is 2.96. The lowest BCUT2D eigenvalue weighted by Gasteiger charge is -2.13. The van der Waals surface area contributed by atoms with Gasteiger partial charge < -0.3 is 5.11 Å². The zero-order chi connectivity index (χ0) is 19.7. The van der Waals surface area contributed by atoms with Crippen LogP contribution >= 0.6 is 0 Å². The minimum atomic E-state index is -1.09. The van der Waals surface area contributed by atoms with Gasteiger partial charge in [0.25, 0.3) is 5.56 Å². The van der Waals surface area contributed by atoms with Gasteiger partial charge in [-0.25, -0.2) is 14.0 Å². The predicted octanol–water partition coefficient (Wildman–Crippen LogP) is 3.26. The Balaban J connectivity index is 2.00. The molecule has 4 aromatic rings. The van der Waals surface area contributed by atoms with Crippen molar-refractivity contribution in [3.8, 4) is 22.5 Å². The van der Waals surface area contributed by atoms with Gasteiger partial charge >= 0.3 is 5.97 Å². The zero-order valence-electron chi connectivity index (χ0n) is 15.2. The predicted molar refractivity (Wildman–Crippen MR) is 105 cm³/mol. The van der Waals surface area contributed by atoms with Gasteiger partial charge in [-0.05, 0) is 24.6 Å². The Kier molecular flexibility index (Phi) is 4.49. The van der Waals surface area contributed by atoms with Crippen molar-refractivity contribution in [2.24, 2.45) is 0 Å². The Labute approximate surface area is 160 Å². The molecule has 1 N–H and O–H groups in total. The van der Waals surface area contributed by atoms with Gasteiger partial charge in [0.1, 0.15) is 5.69 Å². The number of pyridine rings is 1. The van der Waals surface area contributed by atoms with Gasteiger partial charge in [-0.1, -0.05) is 43.3 Å². The summed E-state index contributed by atoms with van der Waals surface area (Å²) in [6, 6.07) is 17.3. The molecule has 0 bridgehead atoms. The van der Waals surface area contributed by atoms with E-state index in [0.29, 0.717) is 11.4 Å². The highest BCUT2D eigenvalue weighted by Crippen LogP contribution is 2.33. The van der Waals surface area contributed by atoms with Crippen LogP contribution in [0.1, 0.15) is 19.4 Å². The molecule has 0 aliphatic rings. The van der Waals surface area contributed by atoms with Gasteiger partial charge in [-0.3, -0.25) is 4.79 Å². The number of hydrogen-bond acceptors (Lipinski definition) is 4. The lowest BCUT2D eigenvalue weighted by molar-refractivity contribution is -0.141. The van der Waals surface area contributed by atoms with Crippen LogP contribution in [0.25, 0.3) is 28.0 Å². The molecule has 0 spiro atoms. The Morgan fingerprint density at radius 3 is 2.50 bits per heavy atom.